The molecule has 0 saturated carbocycles. The van der Waals surface area contributed by atoms with E-state index in [4.69, 9.17) is 9.25 Å². The lowest BCUT2D eigenvalue weighted by atomic mass is 10.1. The molecule has 128 valence electrons. The van der Waals surface area contributed by atoms with Gasteiger partial charge in [-0.1, -0.05) is 29.3 Å². The summed E-state index contributed by atoms with van der Waals surface area (Å²) in [5, 5.41) is 0.387. The highest BCUT2D eigenvalue weighted by Gasteiger charge is 2.39. The maximum absolute atomic E-state index is 13.8. The van der Waals surface area contributed by atoms with Gasteiger partial charge in [-0.05, 0) is 36.4 Å². The Morgan fingerprint density at radius 1 is 0.846 bits per heavy atom. The van der Waals surface area contributed by atoms with Gasteiger partial charge in [0, 0.05) is 0 Å². The molecule has 2 amide bonds. The van der Waals surface area contributed by atoms with Gasteiger partial charge < -0.3 is 9.25 Å². The number of nitrogens with zero attached hydrogens (tertiary/aromatic N) is 1. The molecule has 2 heterocycles. The SMILES string of the molecule is O=C(ON1C(=O)c2ccccc2C1=O)c1ccc(-c2ccccc2F)o1. The molecule has 1 aliphatic heterocycles. The predicted molar refractivity (Wildman–Crippen MR) is 86.5 cm³/mol. The van der Waals surface area contributed by atoms with Crippen LogP contribution >= 0.6 is 0 Å². The van der Waals surface area contributed by atoms with Gasteiger partial charge in [-0.3, -0.25) is 9.59 Å². The molecule has 1 aromatic heterocycles. The van der Waals surface area contributed by atoms with E-state index in [9.17, 15) is 18.8 Å². The van der Waals surface area contributed by atoms with Gasteiger partial charge in [0.15, 0.2) is 0 Å². The number of hydrogen-bond acceptors (Lipinski definition) is 5. The fourth-order valence-corrected chi connectivity index (χ4v) is 2.63. The first-order valence-electron chi connectivity index (χ1n) is 7.61. The number of fused-ring (bicyclic) bond motifs is 1. The highest BCUT2D eigenvalue weighted by Crippen LogP contribution is 2.27. The molecule has 0 radical (unpaired) electrons. The second kappa shape index (κ2) is 5.96. The van der Waals surface area contributed by atoms with Crippen LogP contribution in [0.15, 0.2) is 65.1 Å². The lowest BCUT2D eigenvalue weighted by Gasteiger charge is -2.11. The number of hydrogen-bond donors (Lipinski definition) is 0. The lowest BCUT2D eigenvalue weighted by molar-refractivity contribution is -0.0602. The van der Waals surface area contributed by atoms with Gasteiger partial charge in [0.05, 0.1) is 16.7 Å². The van der Waals surface area contributed by atoms with Crippen molar-refractivity contribution < 1.29 is 28.0 Å². The van der Waals surface area contributed by atoms with Crippen molar-refractivity contribution >= 4 is 17.8 Å². The Hall–Kier alpha value is -3.74. The van der Waals surface area contributed by atoms with Crippen molar-refractivity contribution in [1.29, 1.82) is 0 Å². The third-order valence-electron chi connectivity index (χ3n) is 3.88. The summed E-state index contributed by atoms with van der Waals surface area (Å²) in [4.78, 5) is 41.5. The molecule has 0 atom stereocenters. The topological polar surface area (TPSA) is 76.8 Å². The molecule has 0 spiro atoms. The Bertz CT molecular complexity index is 1020. The molecule has 4 rings (SSSR count). The van der Waals surface area contributed by atoms with Gasteiger partial charge >= 0.3 is 5.97 Å². The number of benzene rings is 2. The fraction of sp³-hybridized carbons (Fsp3) is 0. The molecule has 0 aliphatic carbocycles. The van der Waals surface area contributed by atoms with Crippen LogP contribution in [-0.4, -0.2) is 22.8 Å². The van der Waals surface area contributed by atoms with Crippen LogP contribution in [0.5, 0.6) is 0 Å². The van der Waals surface area contributed by atoms with Crippen molar-refractivity contribution in [3.8, 4) is 11.3 Å². The number of hydroxylamine groups is 2. The third kappa shape index (κ3) is 2.46. The number of furan rings is 1. The van der Waals surface area contributed by atoms with Crippen molar-refractivity contribution in [3.05, 3.63) is 83.4 Å². The second-order valence-corrected chi connectivity index (χ2v) is 5.47. The summed E-state index contributed by atoms with van der Waals surface area (Å²) in [5.41, 5.74) is 0.473. The van der Waals surface area contributed by atoms with E-state index in [2.05, 4.69) is 0 Å². The second-order valence-electron chi connectivity index (χ2n) is 5.47. The maximum Gasteiger partial charge on any atom is 0.399 e. The Balaban J connectivity index is 1.56. The van der Waals surface area contributed by atoms with Crippen LogP contribution in [0.1, 0.15) is 31.3 Å². The summed E-state index contributed by atoms with van der Waals surface area (Å²) in [6, 6.07) is 14.7. The van der Waals surface area contributed by atoms with E-state index in [0.29, 0.717) is 5.06 Å². The largest absolute Gasteiger partial charge is 0.449 e. The Kier molecular flexibility index (Phi) is 3.62. The van der Waals surface area contributed by atoms with Crippen LogP contribution in [0, 0.1) is 5.82 Å². The highest BCUT2D eigenvalue weighted by atomic mass is 19.1. The minimum Gasteiger partial charge on any atom is -0.449 e. The first-order valence-corrected chi connectivity index (χ1v) is 7.61. The molecule has 2 aromatic carbocycles. The van der Waals surface area contributed by atoms with E-state index >= 15 is 0 Å². The zero-order valence-corrected chi connectivity index (χ0v) is 13.1. The number of halogens is 1. The quantitative estimate of drug-likeness (QED) is 0.676. The van der Waals surface area contributed by atoms with Crippen molar-refractivity contribution in [2.75, 3.05) is 0 Å². The van der Waals surface area contributed by atoms with Crippen molar-refractivity contribution in [1.82, 2.24) is 5.06 Å². The highest BCUT2D eigenvalue weighted by molar-refractivity contribution is 6.21. The molecule has 7 heteroatoms. The fourth-order valence-electron chi connectivity index (χ4n) is 2.63. The Morgan fingerprint density at radius 2 is 1.42 bits per heavy atom. The first-order chi connectivity index (χ1) is 12.6. The lowest BCUT2D eigenvalue weighted by Crippen LogP contribution is -2.32. The molecular weight excluding hydrogens is 341 g/mol. The molecule has 0 fully saturated rings. The standard InChI is InChI=1S/C19H10FNO5/c20-14-8-4-3-7-13(14)15-9-10-16(25-15)19(24)26-21-17(22)11-5-1-2-6-12(11)18(21)23/h1-10H. The Morgan fingerprint density at radius 3 is 2.04 bits per heavy atom. The number of rotatable bonds is 3. The maximum atomic E-state index is 13.8. The van der Waals surface area contributed by atoms with Crippen LogP contribution in [-0.2, 0) is 4.84 Å². The summed E-state index contributed by atoms with van der Waals surface area (Å²) in [6.07, 6.45) is 0. The van der Waals surface area contributed by atoms with Crippen molar-refractivity contribution in [2.24, 2.45) is 0 Å². The normalized spacial score (nSPS) is 13.0. The summed E-state index contributed by atoms with van der Waals surface area (Å²) in [5.74, 6) is -3.17. The number of carbonyl (C=O) groups excluding carboxylic acids is 3. The average molecular weight is 351 g/mol. The minimum absolute atomic E-state index is 0.123. The molecule has 0 saturated heterocycles. The van der Waals surface area contributed by atoms with Gasteiger partial charge in [0.2, 0.25) is 5.76 Å². The van der Waals surface area contributed by atoms with E-state index in [1.54, 1.807) is 18.2 Å². The third-order valence-corrected chi connectivity index (χ3v) is 3.88. The van der Waals surface area contributed by atoms with E-state index in [-0.39, 0.29) is 28.2 Å². The van der Waals surface area contributed by atoms with Gasteiger partial charge in [-0.25, -0.2) is 9.18 Å². The van der Waals surface area contributed by atoms with Gasteiger partial charge in [-0.15, -0.1) is 0 Å². The van der Waals surface area contributed by atoms with E-state index in [1.807, 2.05) is 0 Å². The average Bonchev–Trinajstić information content (AvgIpc) is 3.23. The molecule has 0 unspecified atom stereocenters. The van der Waals surface area contributed by atoms with Crippen LogP contribution in [0.25, 0.3) is 11.3 Å². The van der Waals surface area contributed by atoms with Crippen LogP contribution < -0.4 is 0 Å². The molecule has 6 nitrogen and oxygen atoms in total. The van der Waals surface area contributed by atoms with Gasteiger partial charge in [0.1, 0.15) is 11.6 Å². The molecule has 0 bridgehead atoms. The molecular formula is C19H10FNO5. The molecule has 1 aliphatic rings. The van der Waals surface area contributed by atoms with Crippen LogP contribution in [0.4, 0.5) is 4.39 Å². The number of amides is 2. The zero-order valence-electron chi connectivity index (χ0n) is 13.1. The number of imide groups is 1. The van der Waals surface area contributed by atoms with Gasteiger partial charge in [-0.2, -0.15) is 0 Å². The predicted octanol–water partition coefficient (Wildman–Crippen LogP) is 3.45. The summed E-state index contributed by atoms with van der Waals surface area (Å²) < 4.78 is 19.1. The van der Waals surface area contributed by atoms with E-state index in [1.165, 1.54) is 42.5 Å². The smallest absolute Gasteiger partial charge is 0.399 e. The van der Waals surface area contributed by atoms with Crippen molar-refractivity contribution in [2.45, 2.75) is 0 Å². The Labute approximate surface area is 146 Å². The van der Waals surface area contributed by atoms with E-state index < -0.39 is 23.6 Å². The van der Waals surface area contributed by atoms with Crippen LogP contribution in [0.3, 0.4) is 0 Å². The molecule has 0 N–H and O–H groups in total. The monoisotopic (exact) mass is 351 g/mol. The minimum atomic E-state index is -1.04. The van der Waals surface area contributed by atoms with Crippen LogP contribution in [0.2, 0.25) is 0 Å². The summed E-state index contributed by atoms with van der Waals surface area (Å²) in [7, 11) is 0. The van der Waals surface area contributed by atoms with E-state index in [0.717, 1.165) is 0 Å². The summed E-state index contributed by atoms with van der Waals surface area (Å²) in [6.45, 7) is 0. The van der Waals surface area contributed by atoms with Gasteiger partial charge in [0.25, 0.3) is 11.8 Å². The molecule has 3 aromatic rings. The summed E-state index contributed by atoms with van der Waals surface area (Å²) >= 11 is 0. The molecule has 26 heavy (non-hydrogen) atoms. The first kappa shape index (κ1) is 15.8. The number of carbonyl (C=O) groups is 3. The van der Waals surface area contributed by atoms with Crippen molar-refractivity contribution in [3.63, 3.8) is 0 Å². The zero-order chi connectivity index (χ0) is 18.3.